The van der Waals surface area contributed by atoms with Crippen LogP contribution in [0.3, 0.4) is 0 Å². The van der Waals surface area contributed by atoms with Crippen LogP contribution in [0.2, 0.25) is 0 Å². The SMILES string of the molecule is CNC(C)(CCSc1cccc(C)c1)C(=O)O. The van der Waals surface area contributed by atoms with Gasteiger partial charge < -0.3 is 10.4 Å². The van der Waals surface area contributed by atoms with Gasteiger partial charge in [-0.1, -0.05) is 17.7 Å². The van der Waals surface area contributed by atoms with E-state index < -0.39 is 11.5 Å². The molecule has 0 spiro atoms. The molecule has 17 heavy (non-hydrogen) atoms. The van der Waals surface area contributed by atoms with Crippen molar-refractivity contribution in [3.8, 4) is 0 Å². The average Bonchev–Trinajstić information content (AvgIpc) is 2.28. The summed E-state index contributed by atoms with van der Waals surface area (Å²) in [5, 5.41) is 12.0. The van der Waals surface area contributed by atoms with Gasteiger partial charge in [-0.3, -0.25) is 4.79 Å². The first-order chi connectivity index (χ1) is 7.98. The summed E-state index contributed by atoms with van der Waals surface area (Å²) in [5.74, 6) is -0.0163. The summed E-state index contributed by atoms with van der Waals surface area (Å²) in [4.78, 5) is 12.3. The van der Waals surface area contributed by atoms with E-state index in [4.69, 9.17) is 5.11 Å². The van der Waals surface area contributed by atoms with Crippen LogP contribution in [0, 0.1) is 6.92 Å². The van der Waals surface area contributed by atoms with E-state index in [1.54, 1.807) is 25.7 Å². The molecule has 1 aromatic carbocycles. The van der Waals surface area contributed by atoms with Crippen molar-refractivity contribution in [2.45, 2.75) is 30.7 Å². The Bertz CT molecular complexity index is 395. The molecule has 2 N–H and O–H groups in total. The lowest BCUT2D eigenvalue weighted by atomic mass is 10.00. The monoisotopic (exact) mass is 253 g/mol. The van der Waals surface area contributed by atoms with Crippen molar-refractivity contribution in [3.63, 3.8) is 0 Å². The largest absolute Gasteiger partial charge is 0.480 e. The Morgan fingerprint density at radius 1 is 1.53 bits per heavy atom. The second-order valence-electron chi connectivity index (χ2n) is 4.30. The number of likely N-dealkylation sites (N-methyl/N-ethyl adjacent to an activating group) is 1. The molecule has 1 unspecified atom stereocenters. The van der Waals surface area contributed by atoms with E-state index in [1.807, 2.05) is 6.07 Å². The zero-order valence-electron chi connectivity index (χ0n) is 10.5. The van der Waals surface area contributed by atoms with Crippen molar-refractivity contribution in [3.05, 3.63) is 29.8 Å². The van der Waals surface area contributed by atoms with Crippen LogP contribution in [0.25, 0.3) is 0 Å². The Morgan fingerprint density at radius 3 is 2.76 bits per heavy atom. The third kappa shape index (κ3) is 4.06. The van der Waals surface area contributed by atoms with Crippen molar-refractivity contribution in [2.24, 2.45) is 0 Å². The Morgan fingerprint density at radius 2 is 2.24 bits per heavy atom. The molecular weight excluding hydrogens is 234 g/mol. The summed E-state index contributed by atoms with van der Waals surface area (Å²) in [6.07, 6.45) is 0.595. The first-order valence-electron chi connectivity index (χ1n) is 5.60. The van der Waals surface area contributed by atoms with Crippen molar-refractivity contribution in [1.29, 1.82) is 0 Å². The van der Waals surface area contributed by atoms with Gasteiger partial charge in [-0.25, -0.2) is 0 Å². The van der Waals surface area contributed by atoms with Crippen LogP contribution >= 0.6 is 11.8 Å². The predicted molar refractivity (Wildman–Crippen MR) is 71.6 cm³/mol. The molecule has 0 aliphatic heterocycles. The minimum atomic E-state index is -0.836. The Balaban J connectivity index is 2.50. The number of carboxylic acids is 1. The number of aliphatic carboxylic acids is 1. The minimum absolute atomic E-state index is 0.595. The van der Waals surface area contributed by atoms with Crippen LogP contribution in [0.15, 0.2) is 29.2 Å². The highest BCUT2D eigenvalue weighted by molar-refractivity contribution is 7.99. The molecular formula is C13H19NO2S. The summed E-state index contributed by atoms with van der Waals surface area (Å²) < 4.78 is 0. The number of hydrogen-bond acceptors (Lipinski definition) is 3. The summed E-state index contributed by atoms with van der Waals surface area (Å²) in [7, 11) is 1.69. The summed E-state index contributed by atoms with van der Waals surface area (Å²) in [6, 6.07) is 8.24. The van der Waals surface area contributed by atoms with Gasteiger partial charge in [0.1, 0.15) is 5.54 Å². The van der Waals surface area contributed by atoms with Crippen molar-refractivity contribution in [2.75, 3.05) is 12.8 Å². The van der Waals surface area contributed by atoms with Crippen LogP contribution < -0.4 is 5.32 Å². The molecule has 0 radical (unpaired) electrons. The van der Waals surface area contributed by atoms with E-state index in [9.17, 15) is 4.79 Å². The molecule has 0 heterocycles. The van der Waals surface area contributed by atoms with Gasteiger partial charge >= 0.3 is 5.97 Å². The maximum absolute atomic E-state index is 11.1. The van der Waals surface area contributed by atoms with Crippen LogP contribution in [-0.2, 0) is 4.79 Å². The maximum atomic E-state index is 11.1. The quantitative estimate of drug-likeness (QED) is 0.765. The molecule has 0 saturated heterocycles. The summed E-state index contributed by atoms with van der Waals surface area (Å²) in [5.41, 5.74) is 0.390. The molecule has 1 atom stereocenters. The minimum Gasteiger partial charge on any atom is -0.480 e. The molecule has 0 bridgehead atoms. The smallest absolute Gasteiger partial charge is 0.323 e. The molecule has 0 fully saturated rings. The number of benzene rings is 1. The molecule has 3 nitrogen and oxygen atoms in total. The number of rotatable bonds is 6. The van der Waals surface area contributed by atoms with Gasteiger partial charge in [0, 0.05) is 10.6 Å². The Hall–Kier alpha value is -1.00. The lowest BCUT2D eigenvalue weighted by Crippen LogP contribution is -2.47. The number of carboxylic acid groups (broad SMARTS) is 1. The summed E-state index contributed by atoms with van der Waals surface area (Å²) >= 11 is 1.69. The highest BCUT2D eigenvalue weighted by Gasteiger charge is 2.30. The van der Waals surface area contributed by atoms with E-state index in [0.717, 1.165) is 5.75 Å². The topological polar surface area (TPSA) is 49.3 Å². The highest BCUT2D eigenvalue weighted by atomic mass is 32.2. The lowest BCUT2D eigenvalue weighted by Gasteiger charge is -2.23. The third-order valence-corrected chi connectivity index (χ3v) is 3.88. The van der Waals surface area contributed by atoms with E-state index in [0.29, 0.717) is 6.42 Å². The van der Waals surface area contributed by atoms with Gasteiger partial charge in [0.25, 0.3) is 0 Å². The Labute approximate surface area is 107 Å². The zero-order valence-corrected chi connectivity index (χ0v) is 11.3. The first-order valence-corrected chi connectivity index (χ1v) is 6.58. The number of carbonyl (C=O) groups is 1. The van der Waals surface area contributed by atoms with Gasteiger partial charge in [0.05, 0.1) is 0 Å². The maximum Gasteiger partial charge on any atom is 0.323 e. The molecule has 0 aromatic heterocycles. The van der Waals surface area contributed by atoms with E-state index >= 15 is 0 Å². The second kappa shape index (κ2) is 6.07. The fourth-order valence-corrected chi connectivity index (χ4v) is 2.61. The zero-order chi connectivity index (χ0) is 12.9. The number of aryl methyl sites for hydroxylation is 1. The van der Waals surface area contributed by atoms with Gasteiger partial charge in [-0.15, -0.1) is 11.8 Å². The van der Waals surface area contributed by atoms with Crippen LogP contribution in [0.1, 0.15) is 18.9 Å². The number of nitrogens with one attached hydrogen (secondary N) is 1. The summed E-state index contributed by atoms with van der Waals surface area (Å²) in [6.45, 7) is 3.77. The van der Waals surface area contributed by atoms with Gasteiger partial charge in [0.2, 0.25) is 0 Å². The van der Waals surface area contributed by atoms with Crippen molar-refractivity contribution in [1.82, 2.24) is 5.32 Å². The van der Waals surface area contributed by atoms with Crippen molar-refractivity contribution >= 4 is 17.7 Å². The molecule has 0 amide bonds. The van der Waals surface area contributed by atoms with Crippen molar-refractivity contribution < 1.29 is 9.90 Å². The van der Waals surface area contributed by atoms with Gasteiger partial charge in [-0.05, 0) is 39.4 Å². The number of thioether (sulfide) groups is 1. The molecule has 4 heteroatoms. The molecule has 0 aliphatic carbocycles. The van der Waals surface area contributed by atoms with Gasteiger partial charge in [-0.2, -0.15) is 0 Å². The first kappa shape index (κ1) is 14.1. The third-order valence-electron chi connectivity index (χ3n) is 2.88. The van der Waals surface area contributed by atoms with E-state index in [1.165, 1.54) is 10.5 Å². The molecule has 1 aromatic rings. The number of hydrogen-bond donors (Lipinski definition) is 2. The molecule has 0 aliphatic rings. The van der Waals surface area contributed by atoms with Crippen LogP contribution in [0.4, 0.5) is 0 Å². The van der Waals surface area contributed by atoms with E-state index in [2.05, 4.69) is 30.4 Å². The van der Waals surface area contributed by atoms with E-state index in [-0.39, 0.29) is 0 Å². The fraction of sp³-hybridized carbons (Fsp3) is 0.462. The van der Waals surface area contributed by atoms with Crippen LogP contribution in [-0.4, -0.2) is 29.4 Å². The van der Waals surface area contributed by atoms with Crippen LogP contribution in [0.5, 0.6) is 0 Å². The average molecular weight is 253 g/mol. The molecule has 94 valence electrons. The predicted octanol–water partition coefficient (Wildman–Crippen LogP) is 2.54. The van der Waals surface area contributed by atoms with Gasteiger partial charge in [0.15, 0.2) is 0 Å². The molecule has 1 rings (SSSR count). The highest BCUT2D eigenvalue weighted by Crippen LogP contribution is 2.22. The standard InChI is InChI=1S/C13H19NO2S/c1-10-5-4-6-11(9-10)17-8-7-13(2,14-3)12(15)16/h4-6,9,14H,7-8H2,1-3H3,(H,15,16). The molecule has 0 saturated carbocycles. The fourth-order valence-electron chi connectivity index (χ4n) is 1.42. The second-order valence-corrected chi connectivity index (χ2v) is 5.47. The normalized spacial score (nSPS) is 14.3. The Kier molecular flexibility index (Phi) is 5.02. The lowest BCUT2D eigenvalue weighted by molar-refractivity contribution is -0.144.